The maximum atomic E-state index is 10.6. The number of aliphatic carboxylic acids is 1. The lowest BCUT2D eigenvalue weighted by atomic mass is 10.0. The van der Waals surface area contributed by atoms with E-state index in [1.165, 1.54) is 0 Å². The van der Waals surface area contributed by atoms with Crippen molar-refractivity contribution in [1.29, 1.82) is 0 Å². The Morgan fingerprint density at radius 2 is 2.57 bits per heavy atom. The first-order chi connectivity index (χ1) is 6.68. The first-order valence-electron chi connectivity index (χ1n) is 4.95. The fourth-order valence-electron chi connectivity index (χ4n) is 2.07. The van der Waals surface area contributed by atoms with Crippen LogP contribution in [0.3, 0.4) is 0 Å². The Balaban J connectivity index is 2.31. The van der Waals surface area contributed by atoms with E-state index in [4.69, 9.17) is 5.11 Å². The Labute approximate surface area is 82.6 Å². The van der Waals surface area contributed by atoms with E-state index < -0.39 is 5.97 Å². The zero-order valence-electron chi connectivity index (χ0n) is 8.23. The van der Waals surface area contributed by atoms with Crippen molar-refractivity contribution in [3.05, 3.63) is 17.7 Å². The zero-order chi connectivity index (χ0) is 10.1. The summed E-state index contributed by atoms with van der Waals surface area (Å²) in [5.74, 6) is -0.801. The minimum atomic E-state index is -0.801. The molecule has 1 aromatic heterocycles. The molecule has 1 N–H and O–H groups in total. The second kappa shape index (κ2) is 3.44. The van der Waals surface area contributed by atoms with Crippen LogP contribution in [0.5, 0.6) is 0 Å². The molecule has 0 amide bonds. The van der Waals surface area contributed by atoms with Crippen LogP contribution in [0.15, 0.2) is 6.33 Å². The number of carbonyl (C=O) groups is 1. The van der Waals surface area contributed by atoms with Gasteiger partial charge in [-0.3, -0.25) is 4.79 Å². The van der Waals surface area contributed by atoms with Gasteiger partial charge in [-0.05, 0) is 26.2 Å². The van der Waals surface area contributed by atoms with Crippen LogP contribution in [0.4, 0.5) is 0 Å². The molecule has 0 saturated heterocycles. The highest BCUT2D eigenvalue weighted by Gasteiger charge is 2.20. The summed E-state index contributed by atoms with van der Waals surface area (Å²) in [6, 6.07) is 0.466. The molecular formula is C10H14N2O2. The van der Waals surface area contributed by atoms with Crippen LogP contribution in [0.2, 0.25) is 0 Å². The summed E-state index contributed by atoms with van der Waals surface area (Å²) in [7, 11) is 0. The Hall–Kier alpha value is -1.32. The van der Waals surface area contributed by atoms with Crippen LogP contribution in [-0.2, 0) is 17.6 Å². The largest absolute Gasteiger partial charge is 0.481 e. The van der Waals surface area contributed by atoms with Crippen molar-refractivity contribution >= 4 is 5.97 Å². The molecule has 76 valence electrons. The molecule has 0 aliphatic carbocycles. The predicted octanol–water partition coefficient (Wildman–Crippen LogP) is 1.41. The van der Waals surface area contributed by atoms with Crippen molar-refractivity contribution in [2.24, 2.45) is 0 Å². The maximum absolute atomic E-state index is 10.6. The quantitative estimate of drug-likeness (QED) is 0.774. The summed E-state index contributed by atoms with van der Waals surface area (Å²) in [5, 5.41) is 8.70. The number of nitrogens with zero attached hydrogens (tertiary/aromatic N) is 2. The van der Waals surface area contributed by atoms with Crippen molar-refractivity contribution in [3.63, 3.8) is 0 Å². The van der Waals surface area contributed by atoms with Gasteiger partial charge < -0.3 is 9.67 Å². The molecule has 1 aliphatic rings. The molecule has 2 heterocycles. The van der Waals surface area contributed by atoms with Crippen LogP contribution in [0, 0.1) is 0 Å². The van der Waals surface area contributed by atoms with Crippen LogP contribution in [0.25, 0.3) is 0 Å². The molecule has 0 saturated carbocycles. The number of aromatic nitrogens is 2. The van der Waals surface area contributed by atoms with Crippen molar-refractivity contribution in [1.82, 2.24) is 9.55 Å². The third-order valence-electron chi connectivity index (χ3n) is 2.81. The van der Waals surface area contributed by atoms with Gasteiger partial charge in [0, 0.05) is 11.7 Å². The van der Waals surface area contributed by atoms with Gasteiger partial charge in [-0.1, -0.05) is 0 Å². The average Bonchev–Trinajstić information content (AvgIpc) is 2.49. The Morgan fingerprint density at radius 3 is 3.29 bits per heavy atom. The Kier molecular flexibility index (Phi) is 2.27. The number of carboxylic acids is 1. The SMILES string of the molecule is CC1CCCc2c(CC(=O)O)ncn21. The normalized spacial score (nSPS) is 20.5. The molecule has 0 bridgehead atoms. The molecule has 0 fully saturated rings. The smallest absolute Gasteiger partial charge is 0.309 e. The highest BCUT2D eigenvalue weighted by molar-refractivity contribution is 5.69. The highest BCUT2D eigenvalue weighted by Crippen LogP contribution is 2.26. The fraction of sp³-hybridized carbons (Fsp3) is 0.600. The number of fused-ring (bicyclic) bond motifs is 1. The van der Waals surface area contributed by atoms with Crippen molar-refractivity contribution in [3.8, 4) is 0 Å². The van der Waals surface area contributed by atoms with Crippen molar-refractivity contribution < 1.29 is 9.90 Å². The number of hydrogen-bond acceptors (Lipinski definition) is 2. The van der Waals surface area contributed by atoms with Gasteiger partial charge in [0.05, 0.1) is 18.4 Å². The van der Waals surface area contributed by atoms with Gasteiger partial charge in [0.2, 0.25) is 0 Å². The summed E-state index contributed by atoms with van der Waals surface area (Å²) in [6.07, 6.45) is 5.09. The summed E-state index contributed by atoms with van der Waals surface area (Å²) in [6.45, 7) is 2.15. The molecule has 1 aliphatic heterocycles. The molecule has 1 unspecified atom stereocenters. The van der Waals surface area contributed by atoms with Gasteiger partial charge in [-0.2, -0.15) is 0 Å². The molecule has 2 rings (SSSR count). The van der Waals surface area contributed by atoms with Gasteiger partial charge in [0.25, 0.3) is 0 Å². The van der Waals surface area contributed by atoms with E-state index in [9.17, 15) is 4.79 Å². The minimum absolute atomic E-state index is 0.0506. The molecule has 4 heteroatoms. The third kappa shape index (κ3) is 1.52. The molecule has 1 atom stereocenters. The standard InChI is InChI=1S/C10H14N2O2/c1-7-3-2-4-9-8(5-10(13)14)11-6-12(7)9/h6-7H,2-5H2,1H3,(H,13,14). The van der Waals surface area contributed by atoms with E-state index >= 15 is 0 Å². The lowest BCUT2D eigenvalue weighted by Crippen LogP contribution is -2.15. The molecule has 14 heavy (non-hydrogen) atoms. The topological polar surface area (TPSA) is 55.1 Å². The zero-order valence-corrected chi connectivity index (χ0v) is 8.23. The van der Waals surface area contributed by atoms with Crippen molar-refractivity contribution in [2.45, 2.75) is 38.6 Å². The average molecular weight is 194 g/mol. The summed E-state index contributed by atoms with van der Waals surface area (Å²) in [5.41, 5.74) is 1.86. The summed E-state index contributed by atoms with van der Waals surface area (Å²) >= 11 is 0. The summed E-state index contributed by atoms with van der Waals surface area (Å²) < 4.78 is 2.11. The van der Waals surface area contributed by atoms with E-state index in [1.807, 2.05) is 0 Å². The monoisotopic (exact) mass is 194 g/mol. The van der Waals surface area contributed by atoms with Crippen LogP contribution < -0.4 is 0 Å². The first-order valence-corrected chi connectivity index (χ1v) is 4.95. The van der Waals surface area contributed by atoms with Gasteiger partial charge in [0.1, 0.15) is 0 Å². The number of carboxylic acid groups (broad SMARTS) is 1. The van der Waals surface area contributed by atoms with Gasteiger partial charge in [-0.25, -0.2) is 4.98 Å². The van der Waals surface area contributed by atoms with Crippen molar-refractivity contribution in [2.75, 3.05) is 0 Å². The molecule has 4 nitrogen and oxygen atoms in total. The summed E-state index contributed by atoms with van der Waals surface area (Å²) in [4.78, 5) is 14.8. The molecule has 0 spiro atoms. The van der Waals surface area contributed by atoms with E-state index in [1.54, 1.807) is 6.33 Å². The molecule has 0 radical (unpaired) electrons. The fourth-order valence-corrected chi connectivity index (χ4v) is 2.07. The lowest BCUT2D eigenvalue weighted by Gasteiger charge is -2.22. The number of imidazole rings is 1. The second-order valence-electron chi connectivity index (χ2n) is 3.86. The van der Waals surface area contributed by atoms with E-state index in [0.717, 1.165) is 30.7 Å². The molecule has 0 aromatic carbocycles. The first kappa shape index (κ1) is 9.24. The second-order valence-corrected chi connectivity index (χ2v) is 3.86. The molecule has 1 aromatic rings. The Morgan fingerprint density at radius 1 is 1.79 bits per heavy atom. The lowest BCUT2D eigenvalue weighted by molar-refractivity contribution is -0.136. The van der Waals surface area contributed by atoms with Crippen LogP contribution in [-0.4, -0.2) is 20.6 Å². The maximum Gasteiger partial charge on any atom is 0.309 e. The minimum Gasteiger partial charge on any atom is -0.481 e. The molecular weight excluding hydrogens is 180 g/mol. The van der Waals surface area contributed by atoms with Gasteiger partial charge in [0.15, 0.2) is 0 Å². The van der Waals surface area contributed by atoms with Gasteiger partial charge in [-0.15, -0.1) is 0 Å². The third-order valence-corrected chi connectivity index (χ3v) is 2.81. The number of hydrogen-bond donors (Lipinski definition) is 1. The van der Waals surface area contributed by atoms with E-state index in [0.29, 0.717) is 6.04 Å². The van der Waals surface area contributed by atoms with E-state index in [-0.39, 0.29) is 6.42 Å². The van der Waals surface area contributed by atoms with Crippen LogP contribution in [0.1, 0.15) is 37.2 Å². The van der Waals surface area contributed by atoms with Gasteiger partial charge >= 0.3 is 5.97 Å². The Bertz CT molecular complexity index is 357. The predicted molar refractivity (Wildman–Crippen MR) is 51.2 cm³/mol. The van der Waals surface area contributed by atoms with E-state index in [2.05, 4.69) is 16.5 Å². The van der Waals surface area contributed by atoms with Crippen LogP contribution >= 0.6 is 0 Å². The number of rotatable bonds is 2. The highest BCUT2D eigenvalue weighted by atomic mass is 16.4.